The molecule has 0 aromatic heterocycles. The molecule has 1 aliphatic heterocycles. The molecular formula is C9H22Cl2N2O. The lowest BCUT2D eigenvalue weighted by Gasteiger charge is -2.29. The minimum absolute atomic E-state index is 0. The summed E-state index contributed by atoms with van der Waals surface area (Å²) in [6, 6.07) is 0. The van der Waals surface area contributed by atoms with Crippen molar-refractivity contribution in [3.8, 4) is 0 Å². The second kappa shape index (κ2) is 7.71. The predicted octanol–water partition coefficient (Wildman–Crippen LogP) is 1.29. The van der Waals surface area contributed by atoms with Crippen molar-refractivity contribution < 1.29 is 4.74 Å². The van der Waals surface area contributed by atoms with Crippen LogP contribution in [0.25, 0.3) is 0 Å². The standard InChI is InChI=1S/C9H20N2O.2ClH/c1-9(2,10)3-4-11-5-7-12-8-6-11;;/h3-8,10H2,1-2H3;2*1H. The van der Waals surface area contributed by atoms with Gasteiger partial charge < -0.3 is 10.5 Å². The molecule has 0 saturated carbocycles. The average Bonchev–Trinajstić information content (AvgIpc) is 2.02. The van der Waals surface area contributed by atoms with Crippen molar-refractivity contribution in [3.05, 3.63) is 0 Å². The number of nitrogens with two attached hydrogens (primary N) is 1. The summed E-state index contributed by atoms with van der Waals surface area (Å²) in [5, 5.41) is 0. The Kier molecular flexibility index (Phi) is 9.30. The monoisotopic (exact) mass is 244 g/mol. The highest BCUT2D eigenvalue weighted by molar-refractivity contribution is 5.85. The number of hydrogen-bond donors (Lipinski definition) is 1. The molecule has 1 rings (SSSR count). The summed E-state index contributed by atoms with van der Waals surface area (Å²) in [6.45, 7) is 9.15. The molecule has 88 valence electrons. The van der Waals surface area contributed by atoms with Gasteiger partial charge in [-0.1, -0.05) is 0 Å². The quantitative estimate of drug-likeness (QED) is 0.814. The van der Waals surface area contributed by atoms with Crippen molar-refractivity contribution in [1.82, 2.24) is 4.90 Å². The first-order valence-electron chi connectivity index (χ1n) is 4.67. The summed E-state index contributed by atoms with van der Waals surface area (Å²) < 4.78 is 5.26. The zero-order chi connectivity index (χ0) is 9.03. The highest BCUT2D eigenvalue weighted by Crippen LogP contribution is 2.06. The Morgan fingerprint density at radius 3 is 2.14 bits per heavy atom. The maximum atomic E-state index is 5.89. The molecular weight excluding hydrogens is 223 g/mol. The van der Waals surface area contributed by atoms with Gasteiger partial charge in [-0.15, -0.1) is 24.8 Å². The first-order valence-corrected chi connectivity index (χ1v) is 4.67. The van der Waals surface area contributed by atoms with E-state index in [1.54, 1.807) is 0 Å². The molecule has 0 spiro atoms. The molecule has 0 amide bonds. The van der Waals surface area contributed by atoms with Gasteiger partial charge in [-0.05, 0) is 20.3 Å². The van der Waals surface area contributed by atoms with Crippen LogP contribution >= 0.6 is 24.8 Å². The molecule has 3 nitrogen and oxygen atoms in total. The number of hydrogen-bond acceptors (Lipinski definition) is 3. The van der Waals surface area contributed by atoms with E-state index in [0.29, 0.717) is 0 Å². The van der Waals surface area contributed by atoms with Crippen molar-refractivity contribution in [2.24, 2.45) is 5.73 Å². The molecule has 2 N–H and O–H groups in total. The zero-order valence-corrected chi connectivity index (χ0v) is 10.6. The van der Waals surface area contributed by atoms with Crippen molar-refractivity contribution in [2.45, 2.75) is 25.8 Å². The van der Waals surface area contributed by atoms with Gasteiger partial charge in [0.25, 0.3) is 0 Å². The number of halogens is 2. The molecule has 0 bridgehead atoms. The molecule has 0 aromatic rings. The number of ether oxygens (including phenoxy) is 1. The normalized spacial score (nSPS) is 18.2. The molecule has 1 heterocycles. The SMILES string of the molecule is CC(C)(N)CCN1CCOCC1.Cl.Cl. The van der Waals surface area contributed by atoms with Crippen LogP contribution in [0, 0.1) is 0 Å². The van der Waals surface area contributed by atoms with Gasteiger partial charge >= 0.3 is 0 Å². The topological polar surface area (TPSA) is 38.5 Å². The molecule has 1 fully saturated rings. The maximum absolute atomic E-state index is 5.89. The number of rotatable bonds is 3. The van der Waals surface area contributed by atoms with Crippen LogP contribution in [0.3, 0.4) is 0 Å². The lowest BCUT2D eigenvalue weighted by atomic mass is 10.0. The van der Waals surface area contributed by atoms with Crippen LogP contribution in [-0.2, 0) is 4.74 Å². The van der Waals surface area contributed by atoms with Crippen LogP contribution in [-0.4, -0.2) is 43.3 Å². The van der Waals surface area contributed by atoms with Gasteiger partial charge in [-0.2, -0.15) is 0 Å². The first kappa shape index (κ1) is 16.9. The smallest absolute Gasteiger partial charge is 0.0594 e. The van der Waals surface area contributed by atoms with E-state index in [4.69, 9.17) is 10.5 Å². The summed E-state index contributed by atoms with van der Waals surface area (Å²) in [5.41, 5.74) is 5.87. The van der Waals surface area contributed by atoms with Crippen molar-refractivity contribution in [3.63, 3.8) is 0 Å². The van der Waals surface area contributed by atoms with Gasteiger partial charge in [0, 0.05) is 25.2 Å². The van der Waals surface area contributed by atoms with E-state index in [0.717, 1.165) is 39.3 Å². The molecule has 5 heteroatoms. The van der Waals surface area contributed by atoms with Crippen molar-refractivity contribution >= 4 is 24.8 Å². The van der Waals surface area contributed by atoms with Crippen LogP contribution in [0.2, 0.25) is 0 Å². The molecule has 0 unspecified atom stereocenters. The molecule has 0 aromatic carbocycles. The first-order chi connectivity index (χ1) is 5.58. The van der Waals surface area contributed by atoms with Crippen molar-refractivity contribution in [1.29, 1.82) is 0 Å². The Morgan fingerprint density at radius 1 is 1.21 bits per heavy atom. The Bertz CT molecular complexity index is 133. The van der Waals surface area contributed by atoms with Crippen LogP contribution in [0.15, 0.2) is 0 Å². The summed E-state index contributed by atoms with van der Waals surface area (Å²) in [7, 11) is 0. The molecule has 0 atom stereocenters. The van der Waals surface area contributed by atoms with Gasteiger partial charge in [0.15, 0.2) is 0 Å². The van der Waals surface area contributed by atoms with Gasteiger partial charge in [-0.25, -0.2) is 0 Å². The fraction of sp³-hybridized carbons (Fsp3) is 1.00. The average molecular weight is 245 g/mol. The minimum Gasteiger partial charge on any atom is -0.379 e. The third-order valence-corrected chi connectivity index (χ3v) is 2.18. The summed E-state index contributed by atoms with van der Waals surface area (Å²) >= 11 is 0. The van der Waals surface area contributed by atoms with Gasteiger partial charge in [0.1, 0.15) is 0 Å². The number of nitrogens with zero attached hydrogens (tertiary/aromatic N) is 1. The Hall–Kier alpha value is 0.460. The van der Waals surface area contributed by atoms with E-state index >= 15 is 0 Å². The lowest BCUT2D eigenvalue weighted by Crippen LogP contribution is -2.41. The van der Waals surface area contributed by atoms with E-state index < -0.39 is 0 Å². The summed E-state index contributed by atoms with van der Waals surface area (Å²) in [6.07, 6.45) is 1.06. The lowest BCUT2D eigenvalue weighted by molar-refractivity contribution is 0.0352. The summed E-state index contributed by atoms with van der Waals surface area (Å²) in [5.74, 6) is 0. The molecule has 1 aliphatic rings. The third-order valence-electron chi connectivity index (χ3n) is 2.18. The second-order valence-electron chi connectivity index (χ2n) is 4.19. The van der Waals surface area contributed by atoms with Crippen LogP contribution < -0.4 is 5.73 Å². The van der Waals surface area contributed by atoms with E-state index in [-0.39, 0.29) is 30.4 Å². The van der Waals surface area contributed by atoms with Gasteiger partial charge in [0.2, 0.25) is 0 Å². The van der Waals surface area contributed by atoms with Crippen LogP contribution in [0.4, 0.5) is 0 Å². The zero-order valence-electron chi connectivity index (χ0n) is 8.99. The van der Waals surface area contributed by atoms with Crippen LogP contribution in [0.1, 0.15) is 20.3 Å². The highest BCUT2D eigenvalue weighted by atomic mass is 35.5. The van der Waals surface area contributed by atoms with Crippen LogP contribution in [0.5, 0.6) is 0 Å². The Morgan fingerprint density at radius 2 is 1.71 bits per heavy atom. The van der Waals surface area contributed by atoms with E-state index in [1.807, 2.05) is 0 Å². The summed E-state index contributed by atoms with van der Waals surface area (Å²) in [4.78, 5) is 2.41. The predicted molar refractivity (Wildman–Crippen MR) is 64.6 cm³/mol. The molecule has 14 heavy (non-hydrogen) atoms. The van der Waals surface area contributed by atoms with Gasteiger partial charge in [0.05, 0.1) is 13.2 Å². The van der Waals surface area contributed by atoms with Crippen molar-refractivity contribution in [2.75, 3.05) is 32.8 Å². The Labute approximate surface area is 99.2 Å². The largest absolute Gasteiger partial charge is 0.379 e. The minimum atomic E-state index is -0.0295. The fourth-order valence-corrected chi connectivity index (χ4v) is 1.27. The van der Waals surface area contributed by atoms with E-state index in [1.165, 1.54) is 0 Å². The second-order valence-corrected chi connectivity index (χ2v) is 4.19. The van der Waals surface area contributed by atoms with Gasteiger partial charge in [-0.3, -0.25) is 4.90 Å². The molecule has 0 radical (unpaired) electrons. The molecule has 1 saturated heterocycles. The van der Waals surface area contributed by atoms with E-state index in [2.05, 4.69) is 18.7 Å². The number of morpholine rings is 1. The highest BCUT2D eigenvalue weighted by Gasteiger charge is 2.15. The fourth-order valence-electron chi connectivity index (χ4n) is 1.27. The van der Waals surface area contributed by atoms with E-state index in [9.17, 15) is 0 Å². The maximum Gasteiger partial charge on any atom is 0.0594 e. The molecule has 0 aliphatic carbocycles. The third kappa shape index (κ3) is 7.83. The Balaban J connectivity index is 0.